The summed E-state index contributed by atoms with van der Waals surface area (Å²) in [5.41, 5.74) is -0.0495. The van der Waals surface area contributed by atoms with Crippen LogP contribution in [0.4, 0.5) is 0 Å². The van der Waals surface area contributed by atoms with Gasteiger partial charge in [-0.1, -0.05) is 91.0 Å². The Bertz CT molecular complexity index is 1120. The largest absolute Gasteiger partial charge is 0.465 e. The van der Waals surface area contributed by atoms with Crippen LogP contribution < -0.4 is 15.9 Å². The summed E-state index contributed by atoms with van der Waals surface area (Å²) in [5, 5.41) is 13.2. The molecule has 0 saturated carbocycles. The van der Waals surface area contributed by atoms with Crippen molar-refractivity contribution in [3.63, 3.8) is 0 Å². The van der Waals surface area contributed by atoms with Gasteiger partial charge >= 0.3 is 5.97 Å². The molecule has 0 atom stereocenters. The van der Waals surface area contributed by atoms with Gasteiger partial charge in [0.05, 0.1) is 14.2 Å². The van der Waals surface area contributed by atoms with Gasteiger partial charge in [-0.15, -0.1) is 0 Å². The highest BCUT2D eigenvalue weighted by atomic mass is 31.2. The number of ether oxygens (including phenoxy) is 1. The molecule has 3 aromatic carbocycles. The van der Waals surface area contributed by atoms with Crippen molar-refractivity contribution in [1.82, 2.24) is 4.90 Å². The summed E-state index contributed by atoms with van der Waals surface area (Å²) in [6, 6.07) is 32.6. The van der Waals surface area contributed by atoms with E-state index in [9.17, 15) is 10.1 Å². The third-order valence-corrected chi connectivity index (χ3v) is 9.39. The van der Waals surface area contributed by atoms with Crippen molar-refractivity contribution in [3.05, 3.63) is 102 Å². The first-order chi connectivity index (χ1) is 16.2. The van der Waals surface area contributed by atoms with Crippen LogP contribution in [0.15, 0.2) is 107 Å². The maximum absolute atomic E-state index is 12.7. The summed E-state index contributed by atoms with van der Waals surface area (Å²) in [6.07, 6.45) is 1.98. The molecule has 166 valence electrons. The Kier molecular flexibility index (Phi) is 7.07. The minimum absolute atomic E-state index is 0.0495. The molecule has 1 saturated heterocycles. The van der Waals surface area contributed by atoms with Crippen molar-refractivity contribution in [2.75, 3.05) is 20.2 Å². The smallest absolute Gasteiger partial charge is 0.352 e. The molecular formula is C27H26N3O2P. The lowest BCUT2D eigenvalue weighted by Crippen LogP contribution is -2.28. The van der Waals surface area contributed by atoms with Gasteiger partial charge < -0.3 is 9.64 Å². The Labute approximate surface area is 195 Å². The van der Waals surface area contributed by atoms with Gasteiger partial charge in [0.1, 0.15) is 6.07 Å². The van der Waals surface area contributed by atoms with Gasteiger partial charge in [-0.2, -0.15) is 5.26 Å². The molecule has 1 fully saturated rings. The van der Waals surface area contributed by atoms with E-state index in [4.69, 9.17) is 9.48 Å². The monoisotopic (exact) mass is 455 g/mol. The van der Waals surface area contributed by atoms with Crippen LogP contribution in [-0.2, 0) is 9.53 Å². The lowest BCUT2D eigenvalue weighted by Gasteiger charge is -2.30. The van der Waals surface area contributed by atoms with Gasteiger partial charge in [0, 0.05) is 29.0 Å². The number of hydrogen-bond acceptors (Lipinski definition) is 5. The molecule has 33 heavy (non-hydrogen) atoms. The number of benzene rings is 3. The van der Waals surface area contributed by atoms with Crippen molar-refractivity contribution in [3.8, 4) is 6.07 Å². The molecule has 0 aliphatic carbocycles. The zero-order valence-electron chi connectivity index (χ0n) is 18.6. The third-order valence-electron chi connectivity index (χ3n) is 5.76. The van der Waals surface area contributed by atoms with Crippen LogP contribution in [0.25, 0.3) is 0 Å². The minimum atomic E-state index is -2.61. The number of carbonyl (C=O) groups excluding carboxylic acids is 1. The summed E-state index contributed by atoms with van der Waals surface area (Å²) < 4.78 is 10.4. The van der Waals surface area contributed by atoms with E-state index in [0.717, 1.165) is 41.8 Å². The van der Waals surface area contributed by atoms with Crippen LogP contribution in [0, 0.1) is 11.3 Å². The summed E-state index contributed by atoms with van der Waals surface area (Å²) in [5.74, 6) is -0.234. The predicted molar refractivity (Wildman–Crippen MR) is 133 cm³/mol. The minimum Gasteiger partial charge on any atom is -0.465 e. The molecule has 4 rings (SSSR count). The van der Waals surface area contributed by atoms with Crippen LogP contribution in [0.5, 0.6) is 0 Å². The van der Waals surface area contributed by atoms with Crippen molar-refractivity contribution in [2.24, 2.45) is 4.74 Å². The number of methoxy groups -OCH3 is 1. The zero-order chi connectivity index (χ0) is 23.1. The summed E-state index contributed by atoms with van der Waals surface area (Å²) in [4.78, 5) is 14.7. The standard InChI is InChI=1S/C27H26N3O2P/c1-32-27(31)25(21-28)26(30-19-11-12-20-30)29-33(22-13-5-2-6-14-22,23-15-7-3-8-16-23)24-17-9-4-10-18-24/h2-10,13-18H,11-12,19-20H2,1H3/b26-25-. The SMILES string of the molecule is COC(=O)/C(C#N)=C(/N=P(c1ccccc1)(c1ccccc1)c1ccccc1)N1CCCC1. The summed E-state index contributed by atoms with van der Waals surface area (Å²) in [7, 11) is -1.31. The Hall–Kier alpha value is -3.61. The van der Waals surface area contributed by atoms with E-state index in [1.165, 1.54) is 7.11 Å². The second-order valence-corrected chi connectivity index (χ2v) is 10.8. The average Bonchev–Trinajstić information content (AvgIpc) is 3.43. The molecule has 1 aliphatic rings. The second kappa shape index (κ2) is 10.3. The molecular weight excluding hydrogens is 429 g/mol. The molecule has 5 nitrogen and oxygen atoms in total. The number of likely N-dealkylation sites (tertiary alicyclic amines) is 1. The maximum atomic E-state index is 12.7. The zero-order valence-corrected chi connectivity index (χ0v) is 19.5. The van der Waals surface area contributed by atoms with Crippen LogP contribution in [0.3, 0.4) is 0 Å². The van der Waals surface area contributed by atoms with E-state index in [2.05, 4.69) is 47.4 Å². The van der Waals surface area contributed by atoms with Gasteiger partial charge in [-0.25, -0.2) is 9.54 Å². The fourth-order valence-electron chi connectivity index (χ4n) is 4.18. The first kappa shape index (κ1) is 22.6. The Morgan fingerprint density at radius 2 is 1.27 bits per heavy atom. The van der Waals surface area contributed by atoms with Gasteiger partial charge in [0.2, 0.25) is 0 Å². The van der Waals surface area contributed by atoms with Crippen molar-refractivity contribution in [1.29, 1.82) is 5.26 Å². The third kappa shape index (κ3) is 4.49. The van der Waals surface area contributed by atoms with Crippen LogP contribution >= 0.6 is 7.05 Å². The predicted octanol–water partition coefficient (Wildman–Crippen LogP) is 4.17. The van der Waals surface area contributed by atoms with E-state index < -0.39 is 13.0 Å². The summed E-state index contributed by atoms with van der Waals surface area (Å²) in [6.45, 7) is 1.50. The van der Waals surface area contributed by atoms with Crippen LogP contribution in [0.2, 0.25) is 0 Å². The van der Waals surface area contributed by atoms with Gasteiger partial charge in [-0.3, -0.25) is 0 Å². The molecule has 1 aliphatic heterocycles. The number of nitrogens with zero attached hydrogens (tertiary/aromatic N) is 3. The highest BCUT2D eigenvalue weighted by molar-refractivity contribution is 7.87. The number of hydrogen-bond donors (Lipinski definition) is 0. The average molecular weight is 455 g/mol. The van der Waals surface area contributed by atoms with E-state index in [1.807, 2.05) is 54.6 Å². The normalized spacial score (nSPS) is 14.2. The Morgan fingerprint density at radius 3 is 1.64 bits per heavy atom. The first-order valence-corrected chi connectivity index (χ1v) is 12.7. The molecule has 0 bridgehead atoms. The molecule has 0 unspecified atom stereocenters. The molecule has 0 aromatic heterocycles. The lowest BCUT2D eigenvalue weighted by atomic mass is 10.3. The van der Waals surface area contributed by atoms with Crippen molar-refractivity contribution in [2.45, 2.75) is 12.8 Å². The number of esters is 1. The van der Waals surface area contributed by atoms with E-state index in [0.29, 0.717) is 5.82 Å². The van der Waals surface area contributed by atoms with Crippen molar-refractivity contribution >= 4 is 28.9 Å². The fourth-order valence-corrected chi connectivity index (χ4v) is 7.75. The quantitative estimate of drug-likeness (QED) is 0.242. The molecule has 0 spiro atoms. The molecule has 0 radical (unpaired) electrons. The number of rotatable bonds is 6. The van der Waals surface area contributed by atoms with Gasteiger partial charge in [0.25, 0.3) is 0 Å². The molecule has 3 aromatic rings. The second-order valence-electron chi connectivity index (χ2n) is 7.74. The molecule has 1 heterocycles. The van der Waals surface area contributed by atoms with Crippen LogP contribution in [0.1, 0.15) is 12.8 Å². The number of nitriles is 1. The van der Waals surface area contributed by atoms with Crippen molar-refractivity contribution < 1.29 is 9.53 Å². The summed E-state index contributed by atoms with van der Waals surface area (Å²) >= 11 is 0. The van der Waals surface area contributed by atoms with Crippen LogP contribution in [-0.4, -0.2) is 31.1 Å². The van der Waals surface area contributed by atoms with Gasteiger partial charge in [0.15, 0.2) is 11.4 Å². The lowest BCUT2D eigenvalue weighted by molar-refractivity contribution is -0.135. The highest BCUT2D eigenvalue weighted by Gasteiger charge is 2.31. The van der Waals surface area contributed by atoms with Gasteiger partial charge in [-0.05, 0) is 12.8 Å². The van der Waals surface area contributed by atoms with E-state index >= 15 is 0 Å². The highest BCUT2D eigenvalue weighted by Crippen LogP contribution is 2.48. The van der Waals surface area contributed by atoms with E-state index in [1.54, 1.807) is 0 Å². The molecule has 0 amide bonds. The Morgan fingerprint density at radius 1 is 0.848 bits per heavy atom. The fraction of sp³-hybridized carbons (Fsp3) is 0.185. The molecule has 6 heteroatoms. The first-order valence-electron chi connectivity index (χ1n) is 11.0. The number of carbonyl (C=O) groups is 1. The molecule has 0 N–H and O–H groups in total. The van der Waals surface area contributed by atoms with E-state index in [-0.39, 0.29) is 5.57 Å². The topological polar surface area (TPSA) is 65.7 Å². The maximum Gasteiger partial charge on any atom is 0.352 e. The Balaban J connectivity index is 2.17.